The van der Waals surface area contributed by atoms with Crippen LogP contribution in [0.15, 0.2) is 47.0 Å². The van der Waals surface area contributed by atoms with Crippen molar-refractivity contribution in [2.24, 2.45) is 0 Å². The number of rotatable bonds is 7. The Morgan fingerprint density at radius 3 is 2.72 bits per heavy atom. The van der Waals surface area contributed by atoms with Gasteiger partial charge in [0.15, 0.2) is 23.9 Å². The lowest BCUT2D eigenvalue weighted by atomic mass is 10.2. The predicted molar refractivity (Wildman–Crippen MR) is 112 cm³/mol. The monoisotopic (exact) mass is 442 g/mol. The van der Waals surface area contributed by atoms with Crippen LogP contribution >= 0.6 is 0 Å². The zero-order chi connectivity index (χ0) is 22.5. The lowest BCUT2D eigenvalue weighted by Gasteiger charge is -2.22. The third kappa shape index (κ3) is 4.74. The summed E-state index contributed by atoms with van der Waals surface area (Å²) in [5, 5.41) is 6.91. The molecule has 1 aliphatic heterocycles. The van der Waals surface area contributed by atoms with Gasteiger partial charge in [0.1, 0.15) is 11.6 Å². The molecule has 0 spiro atoms. The number of benzene rings is 2. The number of likely N-dealkylation sites (tertiary alicyclic amines) is 1. The van der Waals surface area contributed by atoms with Gasteiger partial charge < -0.3 is 29.0 Å². The Balaban J connectivity index is 1.40. The van der Waals surface area contributed by atoms with Crippen LogP contribution in [0.3, 0.4) is 0 Å². The molecule has 1 fully saturated rings. The van der Waals surface area contributed by atoms with Crippen LogP contribution in [-0.4, -0.2) is 41.8 Å². The fourth-order valence-electron chi connectivity index (χ4n) is 3.53. The quantitative estimate of drug-likeness (QED) is 0.586. The van der Waals surface area contributed by atoms with Crippen molar-refractivity contribution in [3.8, 4) is 17.2 Å². The van der Waals surface area contributed by atoms with Gasteiger partial charge in [0, 0.05) is 18.3 Å². The minimum atomic E-state index is -0.342. The maximum Gasteiger partial charge on any atom is 0.322 e. The highest BCUT2D eigenvalue weighted by atomic mass is 19.1. The number of hydrogen-bond donors (Lipinski definition) is 1. The van der Waals surface area contributed by atoms with E-state index in [2.05, 4.69) is 15.5 Å². The van der Waals surface area contributed by atoms with Crippen molar-refractivity contribution in [1.82, 2.24) is 15.0 Å². The van der Waals surface area contributed by atoms with Gasteiger partial charge in [0.25, 0.3) is 5.89 Å². The zero-order valence-electron chi connectivity index (χ0n) is 17.7. The largest absolute Gasteiger partial charge is 0.493 e. The van der Waals surface area contributed by atoms with Gasteiger partial charge in [0.2, 0.25) is 0 Å². The molecular weight excluding hydrogens is 419 g/mol. The zero-order valence-corrected chi connectivity index (χ0v) is 17.7. The molecule has 2 heterocycles. The number of aromatic nitrogens is 2. The summed E-state index contributed by atoms with van der Waals surface area (Å²) in [5.41, 5.74) is 0.583. The van der Waals surface area contributed by atoms with Gasteiger partial charge in [-0.2, -0.15) is 4.98 Å². The van der Waals surface area contributed by atoms with Gasteiger partial charge >= 0.3 is 6.03 Å². The van der Waals surface area contributed by atoms with Crippen LogP contribution in [-0.2, 0) is 6.61 Å². The molecule has 0 saturated carbocycles. The van der Waals surface area contributed by atoms with E-state index in [9.17, 15) is 9.18 Å². The summed E-state index contributed by atoms with van der Waals surface area (Å²) in [5.74, 6) is 1.94. The maximum absolute atomic E-state index is 13.0. The molecule has 9 nitrogen and oxygen atoms in total. The number of hydrogen-bond acceptors (Lipinski definition) is 7. The summed E-state index contributed by atoms with van der Waals surface area (Å²) in [6, 6.07) is 10.2. The van der Waals surface area contributed by atoms with Crippen LogP contribution in [0.4, 0.5) is 14.9 Å². The SMILES string of the molecule is COc1ccc(NC(=O)N2CCCC2c2noc(COc3ccc(F)cc3)n2)cc1OC. The number of methoxy groups -OCH3 is 2. The van der Waals surface area contributed by atoms with Crippen molar-refractivity contribution in [2.75, 3.05) is 26.1 Å². The number of ether oxygens (including phenoxy) is 3. The summed E-state index contributed by atoms with van der Waals surface area (Å²) in [6.45, 7) is 0.614. The molecule has 0 bridgehead atoms. The topological polar surface area (TPSA) is 99.0 Å². The number of halogens is 1. The van der Waals surface area contributed by atoms with E-state index in [0.717, 1.165) is 12.8 Å². The standard InChI is InChI=1S/C22H23FN4O5/c1-29-18-10-7-15(12-19(18)30-2)24-22(28)27-11-3-4-17(27)21-25-20(32-26-21)13-31-16-8-5-14(23)6-9-16/h5-10,12,17H,3-4,11,13H2,1-2H3,(H,24,28). The summed E-state index contributed by atoms with van der Waals surface area (Å²) in [6.07, 6.45) is 1.54. The Hall–Kier alpha value is -3.82. The van der Waals surface area contributed by atoms with E-state index < -0.39 is 0 Å². The second-order valence-corrected chi connectivity index (χ2v) is 7.14. The van der Waals surface area contributed by atoms with Gasteiger partial charge in [0.05, 0.1) is 20.3 Å². The second kappa shape index (κ2) is 9.54. The molecule has 0 aliphatic carbocycles. The maximum atomic E-state index is 13.0. The number of nitrogens with one attached hydrogen (secondary N) is 1. The molecule has 0 radical (unpaired) electrons. The predicted octanol–water partition coefficient (Wildman–Crippen LogP) is 4.17. The molecule has 1 aliphatic rings. The minimum Gasteiger partial charge on any atom is -0.493 e. The van der Waals surface area contributed by atoms with E-state index in [1.54, 1.807) is 30.2 Å². The molecule has 1 saturated heterocycles. The first-order chi connectivity index (χ1) is 15.6. The Kier molecular flexibility index (Phi) is 6.39. The molecular formula is C22H23FN4O5. The van der Waals surface area contributed by atoms with E-state index >= 15 is 0 Å². The van der Waals surface area contributed by atoms with Gasteiger partial charge in [-0.15, -0.1) is 0 Å². The van der Waals surface area contributed by atoms with Crippen LogP contribution in [0.25, 0.3) is 0 Å². The Morgan fingerprint density at radius 2 is 1.97 bits per heavy atom. The van der Waals surface area contributed by atoms with Crippen molar-refractivity contribution in [2.45, 2.75) is 25.5 Å². The summed E-state index contributed by atoms with van der Waals surface area (Å²) in [7, 11) is 3.09. The van der Waals surface area contributed by atoms with E-state index in [-0.39, 0.29) is 30.4 Å². The number of nitrogens with zero attached hydrogens (tertiary/aromatic N) is 3. The summed E-state index contributed by atoms with van der Waals surface area (Å²) in [4.78, 5) is 19.0. The number of urea groups is 1. The Labute approximate surface area is 184 Å². The highest BCUT2D eigenvalue weighted by Gasteiger charge is 2.33. The minimum absolute atomic E-state index is 0.0448. The van der Waals surface area contributed by atoms with Gasteiger partial charge in [-0.1, -0.05) is 5.16 Å². The highest BCUT2D eigenvalue weighted by Crippen LogP contribution is 2.33. The van der Waals surface area contributed by atoms with Crippen molar-refractivity contribution in [1.29, 1.82) is 0 Å². The van der Waals surface area contributed by atoms with E-state index in [0.29, 0.717) is 35.3 Å². The molecule has 3 aromatic rings. The Bertz CT molecular complexity index is 1070. The number of amides is 2. The molecule has 10 heteroatoms. The molecule has 32 heavy (non-hydrogen) atoms. The average Bonchev–Trinajstić information content (AvgIpc) is 3.48. The first-order valence-electron chi connectivity index (χ1n) is 10.1. The van der Waals surface area contributed by atoms with E-state index in [1.807, 2.05) is 0 Å². The van der Waals surface area contributed by atoms with Gasteiger partial charge in [-0.25, -0.2) is 9.18 Å². The van der Waals surface area contributed by atoms with Gasteiger partial charge in [-0.05, 0) is 49.2 Å². The van der Waals surface area contributed by atoms with Crippen molar-refractivity contribution < 1.29 is 27.9 Å². The van der Waals surface area contributed by atoms with E-state index in [1.165, 1.54) is 31.4 Å². The van der Waals surface area contributed by atoms with Crippen LogP contribution in [0.2, 0.25) is 0 Å². The lowest BCUT2D eigenvalue weighted by Crippen LogP contribution is -2.34. The van der Waals surface area contributed by atoms with Crippen LogP contribution in [0.1, 0.15) is 30.6 Å². The molecule has 1 atom stereocenters. The highest BCUT2D eigenvalue weighted by molar-refractivity contribution is 5.90. The average molecular weight is 442 g/mol. The molecule has 168 valence electrons. The molecule has 4 rings (SSSR count). The molecule has 1 aromatic heterocycles. The summed E-state index contributed by atoms with van der Waals surface area (Å²) < 4.78 is 34.3. The second-order valence-electron chi connectivity index (χ2n) is 7.14. The van der Waals surface area contributed by atoms with E-state index in [4.69, 9.17) is 18.7 Å². The number of anilines is 1. The third-order valence-corrected chi connectivity index (χ3v) is 5.11. The summed E-state index contributed by atoms with van der Waals surface area (Å²) >= 11 is 0. The van der Waals surface area contributed by atoms with Crippen molar-refractivity contribution in [3.05, 3.63) is 60.0 Å². The van der Waals surface area contributed by atoms with Crippen LogP contribution in [0, 0.1) is 5.82 Å². The van der Waals surface area contributed by atoms with Crippen LogP contribution in [0.5, 0.6) is 17.2 Å². The molecule has 2 aromatic carbocycles. The fraction of sp³-hybridized carbons (Fsp3) is 0.318. The molecule has 1 unspecified atom stereocenters. The lowest BCUT2D eigenvalue weighted by molar-refractivity contribution is 0.203. The Morgan fingerprint density at radius 1 is 1.19 bits per heavy atom. The number of carbonyl (C=O) groups excluding carboxylic acids is 1. The van der Waals surface area contributed by atoms with Crippen molar-refractivity contribution >= 4 is 11.7 Å². The van der Waals surface area contributed by atoms with Crippen LogP contribution < -0.4 is 19.5 Å². The normalized spacial score (nSPS) is 15.5. The number of carbonyl (C=O) groups is 1. The smallest absolute Gasteiger partial charge is 0.322 e. The fourth-order valence-corrected chi connectivity index (χ4v) is 3.53. The van der Waals surface area contributed by atoms with Crippen molar-refractivity contribution in [3.63, 3.8) is 0 Å². The molecule has 1 N–H and O–H groups in total. The first-order valence-corrected chi connectivity index (χ1v) is 10.1. The molecule has 2 amide bonds. The first kappa shape index (κ1) is 21.4. The van der Waals surface area contributed by atoms with Gasteiger partial charge in [-0.3, -0.25) is 0 Å². The third-order valence-electron chi connectivity index (χ3n) is 5.11.